The Hall–Kier alpha value is -2.64. The quantitative estimate of drug-likeness (QED) is 0.335. The van der Waals surface area contributed by atoms with E-state index < -0.39 is 0 Å². The van der Waals surface area contributed by atoms with Crippen molar-refractivity contribution in [3.05, 3.63) is 65.6 Å². The number of hydrogen-bond donors (Lipinski definition) is 1. The Balaban J connectivity index is 0. The maximum absolute atomic E-state index is 10.5. The van der Waals surface area contributed by atoms with Gasteiger partial charge >= 0.3 is 12.3 Å². The molecule has 2 N–H and O–H groups in total. The molecule has 0 saturated carbocycles. The first-order valence-corrected chi connectivity index (χ1v) is 8.97. The molecule has 2 rings (SSSR count). The van der Waals surface area contributed by atoms with Crippen LogP contribution in [0.3, 0.4) is 0 Å². The molecule has 0 aliphatic rings. The number of halogens is 2. The average molecular weight is 518 g/mol. The normalized spacial score (nSPS) is 8.36. The summed E-state index contributed by atoms with van der Waals surface area (Å²) in [7, 11) is 0. The highest BCUT2D eigenvalue weighted by atomic mass is 79.9. The second kappa shape index (κ2) is 14.4. The van der Waals surface area contributed by atoms with Crippen molar-refractivity contribution in [2.24, 2.45) is 0 Å². The summed E-state index contributed by atoms with van der Waals surface area (Å²) < 4.78 is 1.80. The zero-order valence-electron chi connectivity index (χ0n) is 15.5. The molecule has 0 unspecified atom stereocenters. The van der Waals surface area contributed by atoms with Crippen LogP contribution in [0.25, 0.3) is 0 Å². The van der Waals surface area contributed by atoms with Crippen LogP contribution in [-0.2, 0) is 19.2 Å². The molecule has 0 amide bonds. The van der Waals surface area contributed by atoms with Gasteiger partial charge in [0.05, 0.1) is 4.92 Å². The number of anilines is 1. The predicted octanol–water partition coefficient (Wildman–Crippen LogP) is 4.46. The van der Waals surface area contributed by atoms with Crippen LogP contribution in [0.1, 0.15) is 22.3 Å². The molecule has 0 fully saturated rings. The highest BCUT2D eigenvalue weighted by molar-refractivity contribution is 9.10. The number of nitro groups is 1. The van der Waals surface area contributed by atoms with Crippen LogP contribution in [0.15, 0.2) is 33.2 Å². The van der Waals surface area contributed by atoms with Crippen molar-refractivity contribution >= 4 is 55.5 Å². The van der Waals surface area contributed by atoms with Crippen LogP contribution in [-0.4, -0.2) is 17.2 Å². The van der Waals surface area contributed by atoms with Gasteiger partial charge in [-0.25, -0.2) is 0 Å². The molecule has 150 valence electrons. The monoisotopic (exact) mass is 516 g/mol. The minimum absolute atomic E-state index is 0.168. The smallest absolute Gasteiger partial charge is 0.373 e. The maximum Gasteiger partial charge on any atom is 0.373 e. The third-order valence-electron chi connectivity index (χ3n) is 3.47. The average Bonchev–Trinajstić information content (AvgIpc) is 2.57. The molecular weight excluding hydrogens is 500 g/mol. The number of benzene rings is 2. The van der Waals surface area contributed by atoms with Gasteiger partial charge in [0.2, 0.25) is 0 Å². The zero-order valence-corrected chi connectivity index (χ0v) is 18.7. The molecule has 0 heterocycles. The lowest BCUT2D eigenvalue weighted by atomic mass is 10.1. The third kappa shape index (κ3) is 10.5. The minimum Gasteiger partial charge on any atom is -0.398 e. The molecule has 0 saturated heterocycles. The SMILES string of the molecule is Cc1cc(Br)cc(N)c1C.Cc1cc(Br)cc([N+](=O)[O-])c1C.O=C=O.O=C=O. The van der Waals surface area contributed by atoms with Gasteiger partial charge in [0.1, 0.15) is 0 Å². The summed E-state index contributed by atoms with van der Waals surface area (Å²) in [6, 6.07) is 7.36. The predicted molar refractivity (Wildman–Crippen MR) is 108 cm³/mol. The van der Waals surface area contributed by atoms with Gasteiger partial charge < -0.3 is 5.73 Å². The van der Waals surface area contributed by atoms with Gasteiger partial charge in [-0.2, -0.15) is 19.2 Å². The molecule has 0 aliphatic heterocycles. The van der Waals surface area contributed by atoms with E-state index in [1.807, 2.05) is 26.0 Å². The van der Waals surface area contributed by atoms with Crippen LogP contribution < -0.4 is 5.73 Å². The fourth-order valence-electron chi connectivity index (χ4n) is 1.83. The molecule has 0 spiro atoms. The number of nitrogens with two attached hydrogens (primary N) is 1. The van der Waals surface area contributed by atoms with Gasteiger partial charge in [-0.15, -0.1) is 0 Å². The molecule has 0 aliphatic carbocycles. The highest BCUT2D eigenvalue weighted by Crippen LogP contribution is 2.26. The molecule has 28 heavy (non-hydrogen) atoms. The Bertz CT molecular complexity index is 853. The third-order valence-corrected chi connectivity index (χ3v) is 4.39. The van der Waals surface area contributed by atoms with E-state index in [1.165, 1.54) is 17.2 Å². The summed E-state index contributed by atoms with van der Waals surface area (Å²) in [4.78, 5) is 42.6. The van der Waals surface area contributed by atoms with Gasteiger partial charge in [0.15, 0.2) is 0 Å². The number of nitrogen functional groups attached to an aromatic ring is 1. The van der Waals surface area contributed by atoms with E-state index in [-0.39, 0.29) is 22.9 Å². The van der Waals surface area contributed by atoms with Crippen LogP contribution >= 0.6 is 31.9 Å². The molecule has 0 bridgehead atoms. The van der Waals surface area contributed by atoms with Gasteiger partial charge in [-0.1, -0.05) is 31.9 Å². The van der Waals surface area contributed by atoms with Crippen molar-refractivity contribution in [2.75, 3.05) is 5.73 Å². The number of nitrogens with zero attached hydrogens (tertiary/aromatic N) is 1. The first-order chi connectivity index (χ1) is 13.0. The first kappa shape index (κ1) is 27.6. The first-order valence-electron chi connectivity index (χ1n) is 7.38. The van der Waals surface area contributed by atoms with Crippen molar-refractivity contribution in [1.82, 2.24) is 0 Å². The Kier molecular flexibility index (Phi) is 14.2. The lowest BCUT2D eigenvalue weighted by molar-refractivity contribution is -0.385. The lowest BCUT2D eigenvalue weighted by Gasteiger charge is -2.03. The van der Waals surface area contributed by atoms with E-state index in [1.54, 1.807) is 6.92 Å². The standard InChI is InChI=1S/C8H8BrNO2.C8H10BrN.2CO2/c1-5-3-7(9)4-8(6(5)2)10(11)12;1-5-3-7(9)4-8(10)6(5)2;2*2-1-3/h3-4H,1-2H3;3-4H,10H2,1-2H3;;. The van der Waals surface area contributed by atoms with E-state index in [4.69, 9.17) is 24.9 Å². The summed E-state index contributed by atoms with van der Waals surface area (Å²) in [6.07, 6.45) is 0.500. The second-order valence-electron chi connectivity index (χ2n) is 5.23. The molecule has 2 aromatic rings. The number of nitro benzene ring substituents is 1. The topological polar surface area (TPSA) is 137 Å². The van der Waals surface area contributed by atoms with Crippen LogP contribution in [0.4, 0.5) is 11.4 Å². The van der Waals surface area contributed by atoms with Crippen molar-refractivity contribution in [3.8, 4) is 0 Å². The number of hydrogen-bond acceptors (Lipinski definition) is 7. The van der Waals surface area contributed by atoms with Gasteiger partial charge in [-0.3, -0.25) is 10.1 Å². The minimum atomic E-state index is -0.368. The molecule has 10 heteroatoms. The molecular formula is C18H18Br2N2O6. The Labute approximate surface area is 178 Å². The fourth-order valence-corrected chi connectivity index (χ4v) is 2.98. The molecule has 0 atom stereocenters. The van der Waals surface area contributed by atoms with Gasteiger partial charge in [0.25, 0.3) is 5.69 Å². The van der Waals surface area contributed by atoms with Gasteiger partial charge in [0, 0.05) is 26.3 Å². The van der Waals surface area contributed by atoms with Crippen molar-refractivity contribution < 1.29 is 24.1 Å². The summed E-state index contributed by atoms with van der Waals surface area (Å²) in [5.74, 6) is 0. The van der Waals surface area contributed by atoms with E-state index in [9.17, 15) is 10.1 Å². The lowest BCUT2D eigenvalue weighted by Crippen LogP contribution is -1.93. The molecule has 0 aromatic heterocycles. The highest BCUT2D eigenvalue weighted by Gasteiger charge is 2.12. The maximum atomic E-state index is 10.5. The second-order valence-corrected chi connectivity index (χ2v) is 7.06. The van der Waals surface area contributed by atoms with Crippen molar-refractivity contribution in [1.29, 1.82) is 0 Å². The Morgan fingerprint density at radius 1 is 0.821 bits per heavy atom. The fraction of sp³-hybridized carbons (Fsp3) is 0.222. The Morgan fingerprint density at radius 2 is 1.18 bits per heavy atom. The van der Waals surface area contributed by atoms with Crippen LogP contribution in [0, 0.1) is 37.8 Å². The summed E-state index contributed by atoms with van der Waals surface area (Å²) in [6.45, 7) is 7.68. The summed E-state index contributed by atoms with van der Waals surface area (Å²) >= 11 is 6.58. The molecule has 0 radical (unpaired) electrons. The van der Waals surface area contributed by atoms with Crippen molar-refractivity contribution in [2.45, 2.75) is 27.7 Å². The molecule has 8 nitrogen and oxygen atoms in total. The van der Waals surface area contributed by atoms with Crippen LogP contribution in [0.5, 0.6) is 0 Å². The Morgan fingerprint density at radius 3 is 1.54 bits per heavy atom. The van der Waals surface area contributed by atoms with E-state index in [0.717, 1.165) is 25.8 Å². The summed E-state index contributed by atoms with van der Waals surface area (Å²) in [5, 5.41) is 10.5. The number of rotatable bonds is 1. The number of carbonyl (C=O) groups excluding carboxylic acids is 4. The largest absolute Gasteiger partial charge is 0.398 e. The van der Waals surface area contributed by atoms with Crippen molar-refractivity contribution in [3.63, 3.8) is 0 Å². The van der Waals surface area contributed by atoms with E-state index in [2.05, 4.69) is 44.8 Å². The van der Waals surface area contributed by atoms with E-state index in [0.29, 0.717) is 0 Å². The van der Waals surface area contributed by atoms with Gasteiger partial charge in [-0.05, 0) is 62.6 Å². The molecule has 2 aromatic carbocycles. The zero-order chi connectivity index (χ0) is 22.4. The van der Waals surface area contributed by atoms with E-state index >= 15 is 0 Å². The summed E-state index contributed by atoms with van der Waals surface area (Å²) in [5.41, 5.74) is 10.8. The number of aryl methyl sites for hydroxylation is 2. The van der Waals surface area contributed by atoms with Crippen LogP contribution in [0.2, 0.25) is 0 Å².